The third-order valence-electron chi connectivity index (χ3n) is 4.19. The van der Waals surface area contributed by atoms with Crippen molar-refractivity contribution in [3.8, 4) is 11.4 Å². The maximum Gasteiger partial charge on any atom is 0.242 e. The predicted molar refractivity (Wildman–Crippen MR) is 128 cm³/mol. The van der Waals surface area contributed by atoms with Gasteiger partial charge in [-0.1, -0.05) is 32.8 Å². The normalized spacial score (nSPS) is 10.7. The number of aromatic nitrogens is 8. The van der Waals surface area contributed by atoms with E-state index in [0.717, 1.165) is 0 Å². The monoisotopic (exact) mass is 500 g/mol. The zero-order valence-electron chi connectivity index (χ0n) is 16.8. The SMILES string of the molecule is O=C(CSCC(=O)Nc1cccc(-n2[nH]nnc2=S)c1)Nc1cccc(-n2[nH]nnc2=S)c1. The van der Waals surface area contributed by atoms with Crippen molar-refractivity contribution in [1.82, 2.24) is 40.4 Å². The fourth-order valence-electron chi connectivity index (χ4n) is 2.81. The average molecular weight is 501 g/mol. The van der Waals surface area contributed by atoms with Crippen LogP contribution >= 0.6 is 36.2 Å². The number of benzene rings is 2. The summed E-state index contributed by atoms with van der Waals surface area (Å²) in [7, 11) is 0. The molecule has 2 heterocycles. The van der Waals surface area contributed by atoms with E-state index in [1.54, 1.807) is 48.5 Å². The first kappa shape index (κ1) is 22.5. The van der Waals surface area contributed by atoms with Gasteiger partial charge in [0.2, 0.25) is 21.4 Å². The molecule has 0 bridgehead atoms. The smallest absolute Gasteiger partial charge is 0.242 e. The Hall–Kier alpha value is -3.69. The van der Waals surface area contributed by atoms with Gasteiger partial charge in [-0.05, 0) is 60.8 Å². The molecule has 0 aliphatic carbocycles. The molecule has 0 aliphatic rings. The second-order valence-electron chi connectivity index (χ2n) is 6.53. The number of nitrogens with one attached hydrogen (secondary N) is 4. The number of carbonyl (C=O) groups excluding carboxylic acids is 2. The Morgan fingerprint density at radius 2 is 1.27 bits per heavy atom. The standard InChI is InChI=1S/C18H16N10O2S3/c29-15(19-11-3-1-5-13(7-11)27-17(31)21-23-25-27)9-33-10-16(30)20-12-4-2-6-14(8-12)28-18(32)22-24-26-28/h1-8H,9-10H2,(H,19,29)(H,20,30)(H,21,25,31)(H,22,26,32). The van der Waals surface area contributed by atoms with Crippen LogP contribution in [0.4, 0.5) is 11.4 Å². The predicted octanol–water partition coefficient (Wildman–Crippen LogP) is 2.27. The van der Waals surface area contributed by atoms with Crippen molar-refractivity contribution in [1.29, 1.82) is 0 Å². The highest BCUT2D eigenvalue weighted by atomic mass is 32.2. The molecule has 0 unspecified atom stereocenters. The van der Waals surface area contributed by atoms with Gasteiger partial charge in [-0.15, -0.1) is 11.8 Å². The molecule has 4 N–H and O–H groups in total. The largest absolute Gasteiger partial charge is 0.325 e. The molecule has 0 saturated heterocycles. The van der Waals surface area contributed by atoms with Crippen LogP contribution in [0.1, 0.15) is 0 Å². The van der Waals surface area contributed by atoms with Gasteiger partial charge in [0, 0.05) is 11.4 Å². The van der Waals surface area contributed by atoms with E-state index in [4.69, 9.17) is 24.4 Å². The van der Waals surface area contributed by atoms with Crippen LogP contribution in [0.3, 0.4) is 0 Å². The summed E-state index contributed by atoms with van der Waals surface area (Å²) in [5.74, 6) is -0.256. The van der Waals surface area contributed by atoms with Crippen molar-refractivity contribution in [3.63, 3.8) is 0 Å². The number of nitrogens with zero attached hydrogens (tertiary/aromatic N) is 6. The lowest BCUT2D eigenvalue weighted by Gasteiger charge is -2.09. The van der Waals surface area contributed by atoms with Crippen LogP contribution in [0, 0.1) is 9.54 Å². The summed E-state index contributed by atoms with van der Waals surface area (Å²) < 4.78 is 3.57. The molecule has 0 atom stereocenters. The molecule has 4 aromatic rings. The molecule has 33 heavy (non-hydrogen) atoms. The number of H-pyrrole nitrogens is 2. The van der Waals surface area contributed by atoms with Crippen LogP contribution in [-0.4, -0.2) is 63.7 Å². The molecule has 4 rings (SSSR count). The molecular weight excluding hydrogens is 484 g/mol. The highest BCUT2D eigenvalue weighted by Gasteiger charge is 2.09. The summed E-state index contributed by atoms with van der Waals surface area (Å²) in [6, 6.07) is 14.1. The summed E-state index contributed by atoms with van der Waals surface area (Å²) in [6.45, 7) is 0. The molecule has 2 amide bonds. The fourth-order valence-corrected chi connectivity index (χ4v) is 3.80. The number of anilines is 2. The number of amides is 2. The average Bonchev–Trinajstić information content (AvgIpc) is 3.42. The second-order valence-corrected chi connectivity index (χ2v) is 8.24. The Labute approximate surface area is 200 Å². The van der Waals surface area contributed by atoms with Crippen LogP contribution in [-0.2, 0) is 9.59 Å². The number of thioether (sulfide) groups is 1. The first-order chi connectivity index (χ1) is 16.0. The topological polar surface area (TPSA) is 151 Å². The van der Waals surface area contributed by atoms with Gasteiger partial charge in [0.1, 0.15) is 0 Å². The summed E-state index contributed by atoms with van der Waals surface area (Å²) in [5.41, 5.74) is 2.54. The second kappa shape index (κ2) is 10.3. The van der Waals surface area contributed by atoms with E-state index < -0.39 is 0 Å². The molecule has 0 radical (unpaired) electrons. The third-order valence-corrected chi connectivity index (χ3v) is 5.65. The quantitative estimate of drug-likeness (QED) is 0.267. The van der Waals surface area contributed by atoms with Crippen molar-refractivity contribution < 1.29 is 9.59 Å². The van der Waals surface area contributed by atoms with E-state index in [2.05, 4.69) is 41.7 Å². The summed E-state index contributed by atoms with van der Waals surface area (Å²) in [5, 5.41) is 25.6. The Kier molecular flexibility index (Phi) is 7.01. The fraction of sp³-hybridized carbons (Fsp3) is 0.111. The van der Waals surface area contributed by atoms with Gasteiger partial charge in [-0.2, -0.15) is 10.4 Å². The minimum absolute atomic E-state index is 0.109. The number of carbonyl (C=O) groups is 2. The van der Waals surface area contributed by atoms with Gasteiger partial charge >= 0.3 is 0 Å². The number of hydrogen-bond donors (Lipinski definition) is 4. The van der Waals surface area contributed by atoms with Gasteiger partial charge in [-0.3, -0.25) is 9.59 Å². The first-order valence-electron chi connectivity index (χ1n) is 9.38. The van der Waals surface area contributed by atoms with Gasteiger partial charge in [-0.25, -0.2) is 9.36 Å². The molecular formula is C18H16N10O2S3. The Bertz CT molecular complexity index is 1300. The Balaban J connectivity index is 1.27. The molecule has 0 aliphatic heterocycles. The lowest BCUT2D eigenvalue weighted by molar-refractivity contribution is -0.114. The summed E-state index contributed by atoms with van der Waals surface area (Å²) >= 11 is 11.4. The van der Waals surface area contributed by atoms with Crippen LogP contribution in [0.2, 0.25) is 0 Å². The van der Waals surface area contributed by atoms with Crippen molar-refractivity contribution in [2.24, 2.45) is 0 Å². The van der Waals surface area contributed by atoms with E-state index in [0.29, 0.717) is 22.7 Å². The lowest BCUT2D eigenvalue weighted by atomic mass is 10.3. The molecule has 15 heteroatoms. The van der Waals surface area contributed by atoms with Crippen molar-refractivity contribution in [3.05, 3.63) is 58.1 Å². The molecule has 2 aromatic heterocycles. The molecule has 12 nitrogen and oxygen atoms in total. The number of tetrazole rings is 2. The lowest BCUT2D eigenvalue weighted by Crippen LogP contribution is -2.18. The first-order valence-corrected chi connectivity index (χ1v) is 11.4. The molecule has 0 saturated carbocycles. The number of rotatable bonds is 8. The zero-order chi connectivity index (χ0) is 23.2. The van der Waals surface area contributed by atoms with E-state index >= 15 is 0 Å². The van der Waals surface area contributed by atoms with Crippen molar-refractivity contribution >= 4 is 59.4 Å². The van der Waals surface area contributed by atoms with Gasteiger partial charge < -0.3 is 10.6 Å². The minimum atomic E-state index is -0.237. The maximum atomic E-state index is 12.3. The van der Waals surface area contributed by atoms with E-state index in [9.17, 15) is 9.59 Å². The van der Waals surface area contributed by atoms with Crippen LogP contribution in [0.5, 0.6) is 0 Å². The van der Waals surface area contributed by atoms with Crippen LogP contribution in [0.15, 0.2) is 48.5 Å². The highest BCUT2D eigenvalue weighted by molar-refractivity contribution is 8.00. The summed E-state index contributed by atoms with van der Waals surface area (Å²) in [4.78, 5) is 24.5. The van der Waals surface area contributed by atoms with Gasteiger partial charge in [0.25, 0.3) is 0 Å². The van der Waals surface area contributed by atoms with E-state index in [1.807, 2.05) is 0 Å². The van der Waals surface area contributed by atoms with E-state index in [-0.39, 0.29) is 32.9 Å². The molecule has 0 spiro atoms. The zero-order valence-corrected chi connectivity index (χ0v) is 19.2. The molecule has 168 valence electrons. The minimum Gasteiger partial charge on any atom is -0.325 e. The Morgan fingerprint density at radius 1 is 0.818 bits per heavy atom. The van der Waals surface area contributed by atoms with Crippen LogP contribution < -0.4 is 10.6 Å². The summed E-state index contributed by atoms with van der Waals surface area (Å²) in [6.07, 6.45) is 0. The molecule has 2 aromatic carbocycles. The highest BCUT2D eigenvalue weighted by Crippen LogP contribution is 2.16. The number of hydrogen-bond acceptors (Lipinski definition) is 9. The Morgan fingerprint density at radius 3 is 1.67 bits per heavy atom. The van der Waals surface area contributed by atoms with Gasteiger partial charge in [0.05, 0.1) is 22.9 Å². The van der Waals surface area contributed by atoms with Crippen molar-refractivity contribution in [2.75, 3.05) is 22.1 Å². The third kappa shape index (κ3) is 5.76. The van der Waals surface area contributed by atoms with E-state index in [1.165, 1.54) is 21.1 Å². The number of aromatic amines is 2. The maximum absolute atomic E-state index is 12.3. The van der Waals surface area contributed by atoms with Gasteiger partial charge in [0.15, 0.2) is 0 Å². The van der Waals surface area contributed by atoms with Crippen molar-refractivity contribution in [2.45, 2.75) is 0 Å². The molecule has 0 fully saturated rings. The van der Waals surface area contributed by atoms with Crippen LogP contribution in [0.25, 0.3) is 11.4 Å².